The Bertz CT molecular complexity index is 719. The Morgan fingerprint density at radius 3 is 2.40 bits per heavy atom. The van der Waals surface area contributed by atoms with Gasteiger partial charge in [-0.3, -0.25) is 8.37 Å². The van der Waals surface area contributed by atoms with Crippen molar-refractivity contribution < 1.29 is 17.3 Å². The highest BCUT2D eigenvalue weighted by atomic mass is 32.2. The van der Waals surface area contributed by atoms with Crippen molar-refractivity contribution in [2.45, 2.75) is 19.8 Å². The zero-order valence-electron chi connectivity index (χ0n) is 14.3. The molecule has 0 saturated heterocycles. The molecule has 2 aromatic rings. The molecule has 0 saturated carbocycles. The van der Waals surface area contributed by atoms with E-state index in [1.165, 1.54) is 0 Å². The van der Waals surface area contributed by atoms with E-state index in [2.05, 4.69) is 11.8 Å². The summed E-state index contributed by atoms with van der Waals surface area (Å²) < 4.78 is 27.4. The maximum absolute atomic E-state index is 11.5. The molecule has 4 nitrogen and oxygen atoms in total. The van der Waals surface area contributed by atoms with Crippen molar-refractivity contribution in [3.8, 4) is 28.7 Å². The molecule has 25 heavy (non-hydrogen) atoms. The number of benzene rings is 2. The van der Waals surface area contributed by atoms with Crippen molar-refractivity contribution in [1.29, 1.82) is 0 Å². The number of rotatable bonds is 9. The number of ether oxygens (including phenoxy) is 1. The van der Waals surface area contributed by atoms with Crippen LogP contribution in [0.25, 0.3) is 11.1 Å². The van der Waals surface area contributed by atoms with Crippen LogP contribution in [-0.2, 0) is 19.7 Å². The molecule has 0 heterocycles. The molecular weight excluding hydrogens is 336 g/mol. The molecule has 0 aliphatic rings. The second-order valence-corrected chi connectivity index (χ2v) is 5.90. The van der Waals surface area contributed by atoms with Gasteiger partial charge in [-0.05, 0) is 11.6 Å². The summed E-state index contributed by atoms with van der Waals surface area (Å²) >= 11 is -1.77. The van der Waals surface area contributed by atoms with E-state index in [1.807, 2.05) is 61.5 Å². The van der Waals surface area contributed by atoms with Gasteiger partial charge in [-0.2, -0.15) is 4.21 Å². The van der Waals surface area contributed by atoms with E-state index >= 15 is 0 Å². The lowest BCUT2D eigenvalue weighted by atomic mass is 10.1. The van der Waals surface area contributed by atoms with Crippen LogP contribution in [0.4, 0.5) is 0 Å². The molecule has 2 rings (SSSR count). The second kappa shape index (κ2) is 11.4. The van der Waals surface area contributed by atoms with Crippen LogP contribution in [0.2, 0.25) is 0 Å². The lowest BCUT2D eigenvalue weighted by Crippen LogP contribution is -2.11. The third kappa shape index (κ3) is 7.10. The average Bonchev–Trinajstić information content (AvgIpc) is 2.66. The van der Waals surface area contributed by atoms with E-state index in [0.717, 1.165) is 23.3 Å². The third-order valence-electron chi connectivity index (χ3n) is 3.20. The fourth-order valence-electron chi connectivity index (χ4n) is 2.11. The van der Waals surface area contributed by atoms with E-state index < -0.39 is 11.4 Å². The minimum Gasteiger partial charge on any atom is -0.490 e. The van der Waals surface area contributed by atoms with Gasteiger partial charge in [-0.1, -0.05) is 55.5 Å². The van der Waals surface area contributed by atoms with E-state index in [0.29, 0.717) is 6.42 Å². The molecule has 0 aliphatic carbocycles. The van der Waals surface area contributed by atoms with Crippen LogP contribution >= 0.6 is 0 Å². The van der Waals surface area contributed by atoms with Crippen LogP contribution in [0.5, 0.6) is 5.75 Å². The molecule has 0 aliphatic heterocycles. The first-order valence-corrected chi connectivity index (χ1v) is 9.22. The minimum atomic E-state index is -1.77. The van der Waals surface area contributed by atoms with Crippen molar-refractivity contribution in [1.82, 2.24) is 0 Å². The smallest absolute Gasteiger partial charge is 0.304 e. The Labute approximate surface area is 152 Å². The predicted octanol–water partition coefficient (Wildman–Crippen LogP) is 4.15. The topological polar surface area (TPSA) is 44.8 Å². The molecule has 1 unspecified atom stereocenters. The normalized spacial score (nSPS) is 11.4. The Hall–Kier alpha value is -2.13. The summed E-state index contributed by atoms with van der Waals surface area (Å²) in [4.78, 5) is 0. The molecule has 0 fully saturated rings. The van der Waals surface area contributed by atoms with Crippen molar-refractivity contribution in [2.24, 2.45) is 0 Å². The van der Waals surface area contributed by atoms with Crippen LogP contribution in [0.3, 0.4) is 0 Å². The van der Waals surface area contributed by atoms with E-state index in [-0.39, 0.29) is 19.8 Å². The molecule has 0 amide bonds. The molecule has 5 heteroatoms. The lowest BCUT2D eigenvalue weighted by Gasteiger charge is -2.11. The van der Waals surface area contributed by atoms with E-state index in [4.69, 9.17) is 13.1 Å². The van der Waals surface area contributed by atoms with Crippen molar-refractivity contribution in [3.63, 3.8) is 0 Å². The maximum Gasteiger partial charge on any atom is 0.304 e. The largest absolute Gasteiger partial charge is 0.490 e. The first-order chi connectivity index (χ1) is 12.3. The standard InChI is InChI=1S/C20H22O4S/c1-2-3-4-10-15-23-25(21)24-17-16-22-20-14-9-8-13-19(20)18-11-6-5-7-12-18/h5-9,11-14H,2,10,15-17H2,1H3. The minimum absolute atomic E-state index is 0.177. The summed E-state index contributed by atoms with van der Waals surface area (Å²) in [5, 5.41) is 0. The maximum atomic E-state index is 11.5. The highest BCUT2D eigenvalue weighted by molar-refractivity contribution is 7.75. The van der Waals surface area contributed by atoms with E-state index in [1.54, 1.807) is 0 Å². The summed E-state index contributed by atoms with van der Waals surface area (Å²) in [6, 6.07) is 17.8. The number of hydrogen-bond acceptors (Lipinski definition) is 4. The van der Waals surface area contributed by atoms with Gasteiger partial charge in [0.05, 0.1) is 6.61 Å². The summed E-state index contributed by atoms with van der Waals surface area (Å²) in [5.41, 5.74) is 2.09. The molecule has 132 valence electrons. The number of para-hydroxylation sites is 1. The highest BCUT2D eigenvalue weighted by Gasteiger charge is 2.06. The molecule has 1 atom stereocenters. The Morgan fingerprint density at radius 2 is 1.60 bits per heavy atom. The molecule has 0 spiro atoms. The Morgan fingerprint density at radius 1 is 0.880 bits per heavy atom. The second-order valence-electron chi connectivity index (χ2n) is 5.02. The first kappa shape index (κ1) is 19.2. The van der Waals surface area contributed by atoms with Gasteiger partial charge in [0, 0.05) is 18.4 Å². The van der Waals surface area contributed by atoms with Crippen LogP contribution < -0.4 is 4.74 Å². The Balaban J connectivity index is 1.75. The van der Waals surface area contributed by atoms with Crippen LogP contribution in [0, 0.1) is 11.8 Å². The Kier molecular flexibility index (Phi) is 8.78. The van der Waals surface area contributed by atoms with Gasteiger partial charge in [-0.15, -0.1) is 11.8 Å². The molecule has 0 N–H and O–H groups in total. The van der Waals surface area contributed by atoms with Gasteiger partial charge in [0.25, 0.3) is 0 Å². The molecular formula is C20H22O4S. The van der Waals surface area contributed by atoms with Gasteiger partial charge in [-0.25, -0.2) is 0 Å². The number of hydrogen-bond donors (Lipinski definition) is 0. The summed E-state index contributed by atoms with van der Waals surface area (Å²) in [5.74, 6) is 6.60. The fraction of sp³-hybridized carbons (Fsp3) is 0.300. The van der Waals surface area contributed by atoms with Gasteiger partial charge in [0.1, 0.15) is 19.0 Å². The predicted molar refractivity (Wildman–Crippen MR) is 100 cm³/mol. The first-order valence-electron chi connectivity index (χ1n) is 8.22. The third-order valence-corrected chi connectivity index (χ3v) is 3.92. The lowest BCUT2D eigenvalue weighted by molar-refractivity contribution is 0.201. The average molecular weight is 358 g/mol. The molecule has 0 bridgehead atoms. The van der Waals surface area contributed by atoms with Crippen LogP contribution in [0.15, 0.2) is 54.6 Å². The quantitative estimate of drug-likeness (QED) is 0.499. The van der Waals surface area contributed by atoms with Crippen molar-refractivity contribution in [2.75, 3.05) is 19.8 Å². The van der Waals surface area contributed by atoms with Gasteiger partial charge in [0.2, 0.25) is 0 Å². The van der Waals surface area contributed by atoms with E-state index in [9.17, 15) is 4.21 Å². The van der Waals surface area contributed by atoms with Gasteiger partial charge in [0.15, 0.2) is 0 Å². The molecule has 2 aromatic carbocycles. The molecule has 0 aromatic heterocycles. The van der Waals surface area contributed by atoms with Gasteiger partial charge < -0.3 is 4.74 Å². The summed E-state index contributed by atoms with van der Waals surface area (Å²) in [6.07, 6.45) is 1.35. The zero-order valence-corrected chi connectivity index (χ0v) is 15.1. The van der Waals surface area contributed by atoms with Crippen LogP contribution in [-0.4, -0.2) is 24.0 Å². The zero-order chi connectivity index (χ0) is 17.7. The van der Waals surface area contributed by atoms with Gasteiger partial charge >= 0.3 is 11.4 Å². The molecule has 0 radical (unpaired) electrons. The van der Waals surface area contributed by atoms with Crippen molar-refractivity contribution in [3.05, 3.63) is 54.6 Å². The highest BCUT2D eigenvalue weighted by Crippen LogP contribution is 2.29. The monoisotopic (exact) mass is 358 g/mol. The SMILES string of the molecule is CCC#CCCOS(=O)OCCOc1ccccc1-c1ccccc1. The summed E-state index contributed by atoms with van der Waals surface area (Å²) in [6.45, 7) is 2.73. The van der Waals surface area contributed by atoms with Crippen molar-refractivity contribution >= 4 is 11.4 Å². The summed E-state index contributed by atoms with van der Waals surface area (Å²) in [7, 11) is 0. The van der Waals surface area contributed by atoms with Crippen LogP contribution in [0.1, 0.15) is 19.8 Å². The fourth-order valence-corrected chi connectivity index (χ4v) is 2.60.